The topological polar surface area (TPSA) is 56.3 Å². The number of aromatic nitrogens is 3. The standard InChI is InChI=1S/C17H26N4O2S/c1-13-9-14(2)11-20(10-13)16-18-19-17(24-8-7-22-3)21(16)12-15-5-4-6-23-15/h4-6,13-14H,7-12H2,1-3H3. The van der Waals surface area contributed by atoms with Gasteiger partial charge in [-0.1, -0.05) is 25.6 Å². The minimum absolute atomic E-state index is 0.657. The van der Waals surface area contributed by atoms with Gasteiger partial charge in [-0.3, -0.25) is 4.57 Å². The molecule has 2 atom stereocenters. The highest BCUT2D eigenvalue weighted by Gasteiger charge is 2.27. The maximum atomic E-state index is 5.54. The highest BCUT2D eigenvalue weighted by Crippen LogP contribution is 2.28. The van der Waals surface area contributed by atoms with Gasteiger partial charge >= 0.3 is 0 Å². The van der Waals surface area contributed by atoms with Gasteiger partial charge in [0.05, 0.1) is 19.4 Å². The fraction of sp³-hybridized carbons (Fsp3) is 0.647. The van der Waals surface area contributed by atoms with Crippen molar-refractivity contribution in [2.24, 2.45) is 11.8 Å². The minimum Gasteiger partial charge on any atom is -0.467 e. The molecule has 0 saturated carbocycles. The first-order chi connectivity index (χ1) is 11.7. The number of hydrogen-bond acceptors (Lipinski definition) is 6. The van der Waals surface area contributed by atoms with E-state index in [0.29, 0.717) is 25.0 Å². The maximum Gasteiger partial charge on any atom is 0.228 e. The molecule has 7 heteroatoms. The number of nitrogens with zero attached hydrogens (tertiary/aromatic N) is 4. The van der Waals surface area contributed by atoms with Gasteiger partial charge in [0, 0.05) is 26.0 Å². The van der Waals surface area contributed by atoms with Crippen molar-refractivity contribution in [3.05, 3.63) is 24.2 Å². The summed E-state index contributed by atoms with van der Waals surface area (Å²) in [6.07, 6.45) is 2.99. The zero-order chi connectivity index (χ0) is 16.9. The summed E-state index contributed by atoms with van der Waals surface area (Å²) >= 11 is 1.68. The Bertz CT molecular complexity index is 619. The third kappa shape index (κ3) is 4.13. The van der Waals surface area contributed by atoms with Crippen LogP contribution in [0.4, 0.5) is 5.95 Å². The molecule has 1 aliphatic heterocycles. The van der Waals surface area contributed by atoms with Gasteiger partial charge in [-0.15, -0.1) is 10.2 Å². The lowest BCUT2D eigenvalue weighted by molar-refractivity contribution is 0.218. The van der Waals surface area contributed by atoms with Crippen LogP contribution in [0.15, 0.2) is 28.0 Å². The van der Waals surface area contributed by atoms with Gasteiger partial charge in [-0.25, -0.2) is 0 Å². The number of ether oxygens (including phenoxy) is 1. The molecule has 0 spiro atoms. The molecule has 6 nitrogen and oxygen atoms in total. The molecule has 2 aromatic rings. The van der Waals surface area contributed by atoms with Crippen LogP contribution in [0.25, 0.3) is 0 Å². The van der Waals surface area contributed by atoms with Gasteiger partial charge < -0.3 is 14.1 Å². The molecule has 0 aliphatic carbocycles. The lowest BCUT2D eigenvalue weighted by atomic mass is 9.92. The van der Waals surface area contributed by atoms with E-state index in [1.54, 1.807) is 25.1 Å². The van der Waals surface area contributed by atoms with Crippen LogP contribution < -0.4 is 4.90 Å². The molecule has 1 saturated heterocycles. The van der Waals surface area contributed by atoms with E-state index in [0.717, 1.165) is 35.7 Å². The van der Waals surface area contributed by atoms with Crippen LogP contribution in [0.2, 0.25) is 0 Å². The van der Waals surface area contributed by atoms with E-state index in [9.17, 15) is 0 Å². The van der Waals surface area contributed by atoms with Crippen molar-refractivity contribution in [1.82, 2.24) is 14.8 Å². The van der Waals surface area contributed by atoms with Crippen LogP contribution >= 0.6 is 11.8 Å². The van der Waals surface area contributed by atoms with Gasteiger partial charge in [0.25, 0.3) is 0 Å². The number of piperidine rings is 1. The van der Waals surface area contributed by atoms with Crippen LogP contribution in [0.1, 0.15) is 26.0 Å². The SMILES string of the molecule is COCCSc1nnc(N2CC(C)CC(C)C2)n1Cc1ccco1. The monoisotopic (exact) mass is 350 g/mol. The lowest BCUT2D eigenvalue weighted by Crippen LogP contribution is -2.40. The van der Waals surface area contributed by atoms with E-state index in [-0.39, 0.29) is 0 Å². The molecule has 132 valence electrons. The normalized spacial score (nSPS) is 21.4. The van der Waals surface area contributed by atoms with E-state index in [2.05, 4.69) is 33.5 Å². The predicted molar refractivity (Wildman–Crippen MR) is 95.6 cm³/mol. The highest BCUT2D eigenvalue weighted by molar-refractivity contribution is 7.99. The average Bonchev–Trinajstić information content (AvgIpc) is 3.18. The molecular formula is C17H26N4O2S. The van der Waals surface area contributed by atoms with Crippen LogP contribution in [0.3, 0.4) is 0 Å². The lowest BCUT2D eigenvalue weighted by Gasteiger charge is -2.35. The van der Waals surface area contributed by atoms with Gasteiger partial charge in [0.1, 0.15) is 5.76 Å². The summed E-state index contributed by atoms with van der Waals surface area (Å²) in [6, 6.07) is 3.91. The molecule has 0 aromatic carbocycles. The summed E-state index contributed by atoms with van der Waals surface area (Å²) in [5.74, 6) is 4.08. The summed E-state index contributed by atoms with van der Waals surface area (Å²) in [7, 11) is 1.72. The van der Waals surface area contributed by atoms with Gasteiger partial charge in [-0.05, 0) is 30.4 Å². The zero-order valence-corrected chi connectivity index (χ0v) is 15.5. The molecule has 3 heterocycles. The minimum atomic E-state index is 0.657. The van der Waals surface area contributed by atoms with Crippen molar-refractivity contribution in [1.29, 1.82) is 0 Å². The molecule has 2 unspecified atom stereocenters. The molecule has 1 aliphatic rings. The molecule has 3 rings (SSSR count). The van der Waals surface area contributed by atoms with Gasteiger partial charge in [0.2, 0.25) is 5.95 Å². The van der Waals surface area contributed by atoms with Gasteiger partial charge in [0.15, 0.2) is 5.16 Å². The van der Waals surface area contributed by atoms with E-state index in [4.69, 9.17) is 9.15 Å². The number of rotatable bonds is 7. The highest BCUT2D eigenvalue weighted by atomic mass is 32.2. The van der Waals surface area contributed by atoms with Crippen LogP contribution in [0.5, 0.6) is 0 Å². The van der Waals surface area contributed by atoms with Crippen molar-refractivity contribution in [3.8, 4) is 0 Å². The van der Waals surface area contributed by atoms with Crippen LogP contribution in [-0.4, -0.2) is 47.3 Å². The molecule has 0 radical (unpaired) electrons. The Morgan fingerprint density at radius 2 is 2.08 bits per heavy atom. The number of furan rings is 1. The first kappa shape index (κ1) is 17.4. The molecule has 0 bridgehead atoms. The summed E-state index contributed by atoms with van der Waals surface area (Å²) in [5.41, 5.74) is 0. The second kappa shape index (κ2) is 8.07. The maximum absolute atomic E-state index is 5.54. The second-order valence-electron chi connectivity index (χ2n) is 6.64. The number of anilines is 1. The second-order valence-corrected chi connectivity index (χ2v) is 7.70. The van der Waals surface area contributed by atoms with Crippen LogP contribution in [-0.2, 0) is 11.3 Å². The van der Waals surface area contributed by atoms with E-state index in [1.165, 1.54) is 6.42 Å². The van der Waals surface area contributed by atoms with Crippen molar-refractivity contribution >= 4 is 17.7 Å². The Morgan fingerprint density at radius 3 is 2.75 bits per heavy atom. The smallest absolute Gasteiger partial charge is 0.228 e. The fourth-order valence-electron chi connectivity index (χ4n) is 3.36. The Hall–Kier alpha value is -1.47. The third-order valence-electron chi connectivity index (χ3n) is 4.26. The Balaban J connectivity index is 1.84. The van der Waals surface area contributed by atoms with Crippen molar-refractivity contribution < 1.29 is 9.15 Å². The van der Waals surface area contributed by atoms with E-state index >= 15 is 0 Å². The summed E-state index contributed by atoms with van der Waals surface area (Å²) in [6.45, 7) is 8.04. The van der Waals surface area contributed by atoms with Crippen LogP contribution in [0, 0.1) is 11.8 Å². The number of methoxy groups -OCH3 is 1. The predicted octanol–water partition coefficient (Wildman–Crippen LogP) is 3.14. The molecule has 2 aromatic heterocycles. The van der Waals surface area contributed by atoms with Crippen molar-refractivity contribution in [2.45, 2.75) is 32.0 Å². The van der Waals surface area contributed by atoms with Crippen molar-refractivity contribution in [3.63, 3.8) is 0 Å². The third-order valence-corrected chi connectivity index (χ3v) is 5.19. The van der Waals surface area contributed by atoms with Crippen molar-refractivity contribution in [2.75, 3.05) is 37.5 Å². The molecule has 0 N–H and O–H groups in total. The molecular weight excluding hydrogens is 324 g/mol. The first-order valence-corrected chi connectivity index (χ1v) is 9.48. The Labute approximate surface area is 147 Å². The average molecular weight is 350 g/mol. The summed E-state index contributed by atoms with van der Waals surface area (Å²) < 4.78 is 12.9. The molecule has 24 heavy (non-hydrogen) atoms. The fourth-order valence-corrected chi connectivity index (χ4v) is 4.19. The largest absolute Gasteiger partial charge is 0.467 e. The quantitative estimate of drug-likeness (QED) is 0.565. The number of hydrogen-bond donors (Lipinski definition) is 0. The zero-order valence-electron chi connectivity index (χ0n) is 14.6. The number of thioether (sulfide) groups is 1. The summed E-state index contributed by atoms with van der Waals surface area (Å²) in [5, 5.41) is 9.86. The molecule has 0 amide bonds. The van der Waals surface area contributed by atoms with E-state index < -0.39 is 0 Å². The Kier molecular flexibility index (Phi) is 5.84. The summed E-state index contributed by atoms with van der Waals surface area (Å²) in [4.78, 5) is 2.37. The first-order valence-electron chi connectivity index (χ1n) is 8.49. The molecule has 1 fully saturated rings. The van der Waals surface area contributed by atoms with E-state index in [1.807, 2.05) is 12.1 Å². The van der Waals surface area contributed by atoms with Gasteiger partial charge in [-0.2, -0.15) is 0 Å². The Morgan fingerprint density at radius 1 is 1.29 bits per heavy atom.